The molecule has 2 aromatic heterocycles. The summed E-state index contributed by atoms with van der Waals surface area (Å²) in [6.07, 6.45) is 5.63. The van der Waals surface area contributed by atoms with Gasteiger partial charge in [-0.25, -0.2) is 4.98 Å². The lowest BCUT2D eigenvalue weighted by Crippen LogP contribution is -1.95. The van der Waals surface area contributed by atoms with Gasteiger partial charge < -0.3 is 5.11 Å². The van der Waals surface area contributed by atoms with Gasteiger partial charge in [-0.1, -0.05) is 0 Å². The molecule has 1 saturated carbocycles. The molecule has 1 fully saturated rings. The SMILES string of the molecule is Oc1ncc2c(cnn2C2CC2)n1. The minimum atomic E-state index is -0.192. The fourth-order valence-corrected chi connectivity index (χ4v) is 1.44. The second-order valence-corrected chi connectivity index (χ2v) is 3.26. The fraction of sp³-hybridized carbons (Fsp3) is 0.375. The first kappa shape index (κ1) is 6.82. The molecule has 0 amide bonds. The molecule has 1 aliphatic rings. The highest BCUT2D eigenvalue weighted by Crippen LogP contribution is 2.36. The van der Waals surface area contributed by atoms with Gasteiger partial charge >= 0.3 is 6.01 Å². The summed E-state index contributed by atoms with van der Waals surface area (Å²) in [5, 5.41) is 13.2. The Morgan fingerprint density at radius 3 is 3.00 bits per heavy atom. The Kier molecular flexibility index (Phi) is 1.15. The molecule has 0 unspecified atom stereocenters. The predicted molar refractivity (Wildman–Crippen MR) is 45.3 cm³/mol. The summed E-state index contributed by atoms with van der Waals surface area (Å²) in [6, 6.07) is 0.327. The number of aromatic hydroxyl groups is 1. The summed E-state index contributed by atoms with van der Waals surface area (Å²) in [4.78, 5) is 7.60. The molecule has 0 spiro atoms. The van der Waals surface area contributed by atoms with Gasteiger partial charge in [0, 0.05) is 0 Å². The van der Waals surface area contributed by atoms with E-state index in [1.54, 1.807) is 12.4 Å². The highest BCUT2D eigenvalue weighted by molar-refractivity contribution is 5.73. The molecule has 1 N–H and O–H groups in total. The Labute approximate surface area is 74.0 Å². The fourth-order valence-electron chi connectivity index (χ4n) is 1.44. The number of rotatable bonds is 1. The molecule has 0 atom stereocenters. The molecule has 3 rings (SSSR count). The Hall–Kier alpha value is -1.65. The molecule has 66 valence electrons. The maximum atomic E-state index is 9.03. The van der Waals surface area contributed by atoms with Gasteiger partial charge in [0.25, 0.3) is 0 Å². The van der Waals surface area contributed by atoms with E-state index >= 15 is 0 Å². The quantitative estimate of drug-likeness (QED) is 0.700. The number of nitrogens with zero attached hydrogens (tertiary/aromatic N) is 4. The second kappa shape index (κ2) is 2.18. The van der Waals surface area contributed by atoms with Crippen molar-refractivity contribution in [3.05, 3.63) is 12.4 Å². The Balaban J connectivity index is 2.26. The van der Waals surface area contributed by atoms with E-state index in [2.05, 4.69) is 15.1 Å². The van der Waals surface area contributed by atoms with E-state index in [1.807, 2.05) is 4.68 Å². The van der Waals surface area contributed by atoms with Crippen molar-refractivity contribution in [3.63, 3.8) is 0 Å². The minimum Gasteiger partial charge on any atom is -0.479 e. The molecule has 5 nitrogen and oxygen atoms in total. The first-order valence-corrected chi connectivity index (χ1v) is 4.24. The zero-order chi connectivity index (χ0) is 8.84. The normalized spacial score (nSPS) is 16.6. The lowest BCUT2D eigenvalue weighted by molar-refractivity contribution is 0.433. The minimum absolute atomic E-state index is 0.192. The van der Waals surface area contributed by atoms with Crippen LogP contribution in [0.1, 0.15) is 18.9 Å². The third-order valence-corrected chi connectivity index (χ3v) is 2.23. The average molecular weight is 176 g/mol. The van der Waals surface area contributed by atoms with Crippen LogP contribution in [0.5, 0.6) is 6.01 Å². The van der Waals surface area contributed by atoms with Gasteiger partial charge in [-0.05, 0) is 12.8 Å². The number of fused-ring (bicyclic) bond motifs is 1. The van der Waals surface area contributed by atoms with Crippen molar-refractivity contribution < 1.29 is 5.11 Å². The molecule has 0 saturated heterocycles. The molecule has 0 radical (unpaired) electrons. The molecule has 0 aliphatic heterocycles. The molecule has 0 bridgehead atoms. The highest BCUT2D eigenvalue weighted by atomic mass is 16.3. The van der Waals surface area contributed by atoms with Crippen LogP contribution in [0.15, 0.2) is 12.4 Å². The third-order valence-electron chi connectivity index (χ3n) is 2.23. The van der Waals surface area contributed by atoms with E-state index < -0.39 is 0 Å². The maximum absolute atomic E-state index is 9.03. The Morgan fingerprint density at radius 2 is 2.23 bits per heavy atom. The zero-order valence-corrected chi connectivity index (χ0v) is 6.88. The monoisotopic (exact) mass is 176 g/mol. The summed E-state index contributed by atoms with van der Waals surface area (Å²) < 4.78 is 1.93. The van der Waals surface area contributed by atoms with E-state index in [0.717, 1.165) is 5.52 Å². The number of hydrogen-bond donors (Lipinski definition) is 1. The maximum Gasteiger partial charge on any atom is 0.314 e. The van der Waals surface area contributed by atoms with E-state index in [1.165, 1.54) is 12.8 Å². The summed E-state index contributed by atoms with van der Waals surface area (Å²) >= 11 is 0. The third kappa shape index (κ3) is 0.965. The number of aromatic nitrogens is 4. The van der Waals surface area contributed by atoms with Crippen molar-refractivity contribution in [3.8, 4) is 6.01 Å². The van der Waals surface area contributed by atoms with Crippen molar-refractivity contribution in [1.82, 2.24) is 19.7 Å². The van der Waals surface area contributed by atoms with Crippen LogP contribution in [0.2, 0.25) is 0 Å². The molecule has 0 aromatic carbocycles. The van der Waals surface area contributed by atoms with Crippen molar-refractivity contribution in [2.45, 2.75) is 18.9 Å². The Bertz CT molecular complexity index is 460. The Morgan fingerprint density at radius 1 is 1.38 bits per heavy atom. The van der Waals surface area contributed by atoms with Gasteiger partial charge in [-0.2, -0.15) is 10.1 Å². The van der Waals surface area contributed by atoms with E-state index in [4.69, 9.17) is 5.11 Å². The molecular formula is C8H8N4O. The predicted octanol–water partition coefficient (Wildman–Crippen LogP) is 0.867. The van der Waals surface area contributed by atoms with Crippen LogP contribution < -0.4 is 0 Å². The zero-order valence-electron chi connectivity index (χ0n) is 6.88. The average Bonchev–Trinajstić information content (AvgIpc) is 2.87. The lowest BCUT2D eigenvalue weighted by Gasteiger charge is -1.97. The van der Waals surface area contributed by atoms with Crippen LogP contribution in [0.25, 0.3) is 11.0 Å². The molecule has 1 aliphatic carbocycles. The van der Waals surface area contributed by atoms with E-state index in [-0.39, 0.29) is 6.01 Å². The standard InChI is InChI=1S/C8H8N4O/c13-8-9-4-7-6(11-8)3-10-12(7)5-1-2-5/h3-5H,1-2H2,(H,9,11,13). The van der Waals surface area contributed by atoms with Gasteiger partial charge in [0.2, 0.25) is 0 Å². The van der Waals surface area contributed by atoms with Crippen LogP contribution in [-0.4, -0.2) is 24.9 Å². The largest absolute Gasteiger partial charge is 0.479 e. The molecule has 2 heterocycles. The van der Waals surface area contributed by atoms with Gasteiger partial charge in [-0.15, -0.1) is 0 Å². The molecule has 5 heteroatoms. The van der Waals surface area contributed by atoms with Crippen LogP contribution in [0, 0.1) is 0 Å². The lowest BCUT2D eigenvalue weighted by atomic mass is 10.4. The second-order valence-electron chi connectivity index (χ2n) is 3.26. The summed E-state index contributed by atoms with van der Waals surface area (Å²) in [5.41, 5.74) is 1.61. The first-order valence-electron chi connectivity index (χ1n) is 4.24. The molecular weight excluding hydrogens is 168 g/mol. The van der Waals surface area contributed by atoms with Gasteiger partial charge in [0.1, 0.15) is 11.0 Å². The van der Waals surface area contributed by atoms with E-state index in [0.29, 0.717) is 11.6 Å². The van der Waals surface area contributed by atoms with Crippen molar-refractivity contribution >= 4 is 11.0 Å². The van der Waals surface area contributed by atoms with Crippen LogP contribution in [0.3, 0.4) is 0 Å². The molecule has 2 aromatic rings. The summed E-state index contributed by atoms with van der Waals surface area (Å²) in [7, 11) is 0. The smallest absolute Gasteiger partial charge is 0.314 e. The van der Waals surface area contributed by atoms with Gasteiger partial charge in [0.05, 0.1) is 18.4 Å². The van der Waals surface area contributed by atoms with Crippen molar-refractivity contribution in [2.75, 3.05) is 0 Å². The first-order chi connectivity index (χ1) is 6.34. The summed E-state index contributed by atoms with van der Waals surface area (Å²) in [6.45, 7) is 0. The highest BCUT2D eigenvalue weighted by Gasteiger charge is 2.26. The van der Waals surface area contributed by atoms with Gasteiger partial charge in [-0.3, -0.25) is 4.68 Å². The summed E-state index contributed by atoms with van der Waals surface area (Å²) in [5.74, 6) is 0. The molecule has 13 heavy (non-hydrogen) atoms. The van der Waals surface area contributed by atoms with Crippen LogP contribution in [0.4, 0.5) is 0 Å². The van der Waals surface area contributed by atoms with Gasteiger partial charge in [0.15, 0.2) is 0 Å². The van der Waals surface area contributed by atoms with Crippen molar-refractivity contribution in [2.24, 2.45) is 0 Å². The van der Waals surface area contributed by atoms with Crippen LogP contribution in [-0.2, 0) is 0 Å². The van der Waals surface area contributed by atoms with Crippen LogP contribution >= 0.6 is 0 Å². The van der Waals surface area contributed by atoms with Crippen molar-refractivity contribution in [1.29, 1.82) is 0 Å². The number of hydrogen-bond acceptors (Lipinski definition) is 4. The van der Waals surface area contributed by atoms with E-state index in [9.17, 15) is 0 Å². The topological polar surface area (TPSA) is 63.8 Å².